The maximum atomic E-state index is 13.9. The molecule has 2 aromatic rings. The van der Waals surface area contributed by atoms with E-state index in [0.29, 0.717) is 19.4 Å². The second-order valence-corrected chi connectivity index (χ2v) is 10.2. The number of ketones is 1. The highest BCUT2D eigenvalue weighted by molar-refractivity contribution is 6.06. The van der Waals surface area contributed by atoms with Crippen LogP contribution in [0.25, 0.3) is 11.0 Å². The Morgan fingerprint density at radius 1 is 1.23 bits per heavy atom. The lowest BCUT2D eigenvalue weighted by molar-refractivity contribution is -0.321. The van der Waals surface area contributed by atoms with E-state index in [9.17, 15) is 36.7 Å². The molecule has 10 nitrogen and oxygen atoms in total. The molecule has 14 heteroatoms. The lowest BCUT2D eigenvalue weighted by Crippen LogP contribution is -2.54. The summed E-state index contributed by atoms with van der Waals surface area (Å²) in [6.45, 7) is -0.775. The number of nitrogens with one attached hydrogen (secondary N) is 2. The molecule has 0 spiro atoms. The highest BCUT2D eigenvalue weighted by Crippen LogP contribution is 2.43. The van der Waals surface area contributed by atoms with Crippen molar-refractivity contribution in [2.45, 2.75) is 50.6 Å². The van der Waals surface area contributed by atoms with E-state index in [2.05, 4.69) is 20.5 Å². The summed E-state index contributed by atoms with van der Waals surface area (Å²) in [7, 11) is 0. The summed E-state index contributed by atoms with van der Waals surface area (Å²) in [5.41, 5.74) is 0.0152. The minimum atomic E-state index is -5.06. The van der Waals surface area contributed by atoms with Gasteiger partial charge in [-0.2, -0.15) is 0 Å². The van der Waals surface area contributed by atoms with Gasteiger partial charge in [-0.15, -0.1) is 13.2 Å². The van der Waals surface area contributed by atoms with Crippen LogP contribution in [0.1, 0.15) is 42.6 Å². The summed E-state index contributed by atoms with van der Waals surface area (Å²) in [5.74, 6) is -4.33. The number of benzene rings is 1. The average Bonchev–Trinajstić information content (AvgIpc) is 3.65. The number of ether oxygens (including phenoxy) is 1. The van der Waals surface area contributed by atoms with Crippen LogP contribution >= 0.6 is 0 Å². The number of carbonyl (C=O) groups is 4. The number of likely N-dealkylation sites (tertiary alicyclic amines) is 1. The van der Waals surface area contributed by atoms with Crippen LogP contribution in [0, 0.1) is 23.6 Å². The summed E-state index contributed by atoms with van der Waals surface area (Å²) in [5, 5.41) is 9.05. The minimum absolute atomic E-state index is 0.0112. The van der Waals surface area contributed by atoms with Crippen LogP contribution in [0.15, 0.2) is 22.7 Å². The molecule has 5 atom stereocenters. The van der Waals surface area contributed by atoms with Gasteiger partial charge in [0, 0.05) is 19.0 Å². The SMILES string of the molecule is O=C1NCC[C@H]1C[C@H](NC(=O)[C@@H]1[C@H]2CCC[C@H]2CN1C(=O)c1noc2ccc(F)cc12)C(=O)COC(F)(F)F. The second-order valence-electron chi connectivity index (χ2n) is 10.2. The van der Waals surface area contributed by atoms with Gasteiger partial charge in [0.05, 0.1) is 11.4 Å². The number of hydrogen-bond donors (Lipinski definition) is 2. The van der Waals surface area contributed by atoms with E-state index in [4.69, 9.17) is 4.52 Å². The molecule has 3 amide bonds. The largest absolute Gasteiger partial charge is 0.522 e. The van der Waals surface area contributed by atoms with Gasteiger partial charge in [0.1, 0.15) is 18.5 Å². The summed E-state index contributed by atoms with van der Waals surface area (Å²) in [4.78, 5) is 53.4. The summed E-state index contributed by atoms with van der Waals surface area (Å²) in [6.07, 6.45) is -2.70. The predicted octanol–water partition coefficient (Wildman–Crippen LogP) is 2.32. The Kier molecular flexibility index (Phi) is 7.31. The molecular weight excluding hydrogens is 528 g/mol. The molecule has 0 radical (unpaired) electrons. The molecule has 1 aromatic heterocycles. The number of nitrogens with zero attached hydrogens (tertiary/aromatic N) is 2. The first-order valence-corrected chi connectivity index (χ1v) is 12.7. The van der Waals surface area contributed by atoms with Crippen molar-refractivity contribution in [3.8, 4) is 0 Å². The molecule has 210 valence electrons. The smallest absolute Gasteiger partial charge is 0.356 e. The van der Waals surface area contributed by atoms with E-state index in [-0.39, 0.29) is 47.4 Å². The third-order valence-corrected chi connectivity index (χ3v) is 7.82. The lowest BCUT2D eigenvalue weighted by atomic mass is 9.92. The number of halogens is 4. The van der Waals surface area contributed by atoms with Crippen LogP contribution < -0.4 is 10.6 Å². The molecule has 2 saturated heterocycles. The van der Waals surface area contributed by atoms with Crippen molar-refractivity contribution >= 4 is 34.5 Å². The van der Waals surface area contributed by atoms with E-state index in [0.717, 1.165) is 25.0 Å². The zero-order valence-corrected chi connectivity index (χ0v) is 20.6. The van der Waals surface area contributed by atoms with Gasteiger partial charge in [0.15, 0.2) is 17.1 Å². The van der Waals surface area contributed by atoms with Crippen LogP contribution in [0.3, 0.4) is 0 Å². The molecule has 3 aliphatic rings. The average molecular weight is 554 g/mol. The van der Waals surface area contributed by atoms with Crippen LogP contribution in [-0.2, 0) is 19.1 Å². The van der Waals surface area contributed by atoms with Crippen molar-refractivity contribution in [3.63, 3.8) is 0 Å². The van der Waals surface area contributed by atoms with Crippen LogP contribution in [0.4, 0.5) is 17.6 Å². The standard InChI is InChI=1S/C25H26F4N4O6/c26-14-4-5-19-16(9-14)20(32-39-19)24(37)33-10-13-2-1-3-15(13)21(33)23(36)31-17(8-12-6-7-30-22(12)35)18(34)11-38-25(27,28)29/h4-5,9,12-13,15,17,21H,1-3,6-8,10-11H2,(H,30,35)(H,31,36)/t12-,13-,15-,17-,21-/m0/s1. The molecule has 2 aliphatic heterocycles. The first kappa shape index (κ1) is 27.0. The maximum absolute atomic E-state index is 13.9. The van der Waals surface area contributed by atoms with Crippen LogP contribution in [0.5, 0.6) is 0 Å². The van der Waals surface area contributed by atoms with Gasteiger partial charge in [0.25, 0.3) is 5.91 Å². The number of hydrogen-bond acceptors (Lipinski definition) is 7. The molecular formula is C25H26F4N4O6. The fraction of sp³-hybridized carbons (Fsp3) is 0.560. The number of aromatic nitrogens is 1. The van der Waals surface area contributed by atoms with E-state index < -0.39 is 54.4 Å². The molecule has 0 bridgehead atoms. The number of Topliss-reactive ketones (excluding diaryl/α,β-unsaturated/α-hetero) is 1. The van der Waals surface area contributed by atoms with Crippen molar-refractivity contribution in [1.82, 2.24) is 20.7 Å². The van der Waals surface area contributed by atoms with Crippen molar-refractivity contribution in [2.24, 2.45) is 17.8 Å². The zero-order valence-electron chi connectivity index (χ0n) is 20.6. The summed E-state index contributed by atoms with van der Waals surface area (Å²) < 4.78 is 60.5. The molecule has 1 aliphatic carbocycles. The van der Waals surface area contributed by atoms with Gasteiger partial charge in [-0.05, 0) is 55.7 Å². The Balaban J connectivity index is 1.39. The molecule has 0 unspecified atom stereocenters. The van der Waals surface area contributed by atoms with Crippen molar-refractivity contribution < 1.29 is 46.0 Å². The first-order valence-electron chi connectivity index (χ1n) is 12.7. The van der Waals surface area contributed by atoms with Gasteiger partial charge in [-0.1, -0.05) is 11.6 Å². The van der Waals surface area contributed by atoms with Gasteiger partial charge in [-0.3, -0.25) is 23.9 Å². The fourth-order valence-electron chi connectivity index (χ4n) is 5.99. The van der Waals surface area contributed by atoms with Crippen molar-refractivity contribution in [1.29, 1.82) is 0 Å². The Bertz CT molecular complexity index is 1300. The first-order chi connectivity index (χ1) is 18.5. The Morgan fingerprint density at radius 2 is 2.03 bits per heavy atom. The molecule has 39 heavy (non-hydrogen) atoms. The Labute approximate surface area is 219 Å². The number of fused-ring (bicyclic) bond motifs is 2. The van der Waals surface area contributed by atoms with Gasteiger partial charge < -0.3 is 20.1 Å². The maximum Gasteiger partial charge on any atom is 0.522 e. The highest BCUT2D eigenvalue weighted by Gasteiger charge is 2.51. The van der Waals surface area contributed by atoms with Gasteiger partial charge >= 0.3 is 6.36 Å². The van der Waals surface area contributed by atoms with Crippen LogP contribution in [-0.4, -0.2) is 71.7 Å². The van der Waals surface area contributed by atoms with E-state index in [1.807, 2.05) is 0 Å². The van der Waals surface area contributed by atoms with E-state index in [1.165, 1.54) is 11.0 Å². The summed E-state index contributed by atoms with van der Waals surface area (Å²) in [6, 6.07) is 1.11. The van der Waals surface area contributed by atoms with Gasteiger partial charge in [0.2, 0.25) is 11.8 Å². The predicted molar refractivity (Wildman–Crippen MR) is 124 cm³/mol. The number of carbonyl (C=O) groups excluding carboxylic acids is 4. The minimum Gasteiger partial charge on any atom is -0.356 e. The third-order valence-electron chi connectivity index (χ3n) is 7.82. The highest BCUT2D eigenvalue weighted by atomic mass is 19.4. The quantitative estimate of drug-likeness (QED) is 0.479. The lowest BCUT2D eigenvalue weighted by Gasteiger charge is -2.29. The fourth-order valence-corrected chi connectivity index (χ4v) is 5.99. The Hall–Kier alpha value is -3.55. The molecule has 1 saturated carbocycles. The van der Waals surface area contributed by atoms with E-state index >= 15 is 0 Å². The third kappa shape index (κ3) is 5.60. The van der Waals surface area contributed by atoms with E-state index in [1.54, 1.807) is 0 Å². The number of alkyl halides is 3. The van der Waals surface area contributed by atoms with Crippen molar-refractivity contribution in [2.75, 3.05) is 19.7 Å². The number of rotatable bonds is 8. The Morgan fingerprint density at radius 3 is 2.74 bits per heavy atom. The van der Waals surface area contributed by atoms with Crippen molar-refractivity contribution in [3.05, 3.63) is 29.7 Å². The van der Waals surface area contributed by atoms with Gasteiger partial charge in [-0.25, -0.2) is 4.39 Å². The summed E-state index contributed by atoms with van der Waals surface area (Å²) >= 11 is 0. The molecule has 1 aromatic carbocycles. The molecule has 3 heterocycles. The van der Waals surface area contributed by atoms with Crippen LogP contribution in [0.2, 0.25) is 0 Å². The molecule has 3 fully saturated rings. The second kappa shape index (κ2) is 10.5. The monoisotopic (exact) mass is 554 g/mol. The topological polar surface area (TPSA) is 131 Å². The normalized spacial score (nSPS) is 25.5. The molecule has 2 N–H and O–H groups in total. The molecule has 5 rings (SSSR count). The zero-order chi connectivity index (χ0) is 27.9. The number of amides is 3.